The third-order valence-electron chi connectivity index (χ3n) is 2.74. The predicted molar refractivity (Wildman–Crippen MR) is 66.8 cm³/mol. The van der Waals surface area contributed by atoms with Gasteiger partial charge in [-0.3, -0.25) is 9.59 Å². The zero-order valence-electron chi connectivity index (χ0n) is 10.3. The second kappa shape index (κ2) is 7.50. The largest absolute Gasteiger partial charge is 0.466 e. The summed E-state index contributed by atoms with van der Waals surface area (Å²) in [4.78, 5) is 24.9. The van der Waals surface area contributed by atoms with Crippen LogP contribution in [0.2, 0.25) is 0 Å². The van der Waals surface area contributed by atoms with Crippen LogP contribution in [0.5, 0.6) is 0 Å². The maximum atomic E-state index is 11.7. The van der Waals surface area contributed by atoms with Gasteiger partial charge in [-0.15, -0.1) is 12.4 Å². The third-order valence-corrected chi connectivity index (χ3v) is 2.74. The van der Waals surface area contributed by atoms with Gasteiger partial charge in [-0.1, -0.05) is 0 Å². The Morgan fingerprint density at radius 3 is 2.71 bits per heavy atom. The van der Waals surface area contributed by atoms with Gasteiger partial charge in [0.2, 0.25) is 5.91 Å². The van der Waals surface area contributed by atoms with Crippen LogP contribution >= 0.6 is 12.4 Å². The highest BCUT2D eigenvalue weighted by molar-refractivity contribution is 5.85. The summed E-state index contributed by atoms with van der Waals surface area (Å²) in [7, 11) is 0. The highest BCUT2D eigenvalue weighted by Crippen LogP contribution is 2.18. The van der Waals surface area contributed by atoms with Gasteiger partial charge in [0.25, 0.3) is 0 Å². The van der Waals surface area contributed by atoms with Crippen molar-refractivity contribution in [2.45, 2.75) is 32.7 Å². The summed E-state index contributed by atoms with van der Waals surface area (Å²) in [5.74, 6) is -0.477. The Morgan fingerprint density at radius 1 is 1.53 bits per heavy atom. The molecule has 1 rings (SSSR count). The van der Waals surface area contributed by atoms with Crippen molar-refractivity contribution < 1.29 is 14.3 Å². The fourth-order valence-electron chi connectivity index (χ4n) is 1.92. The number of hydrogen-bond acceptors (Lipinski definition) is 4. The smallest absolute Gasteiger partial charge is 0.310 e. The lowest BCUT2D eigenvalue weighted by Crippen LogP contribution is -2.48. The lowest BCUT2D eigenvalue weighted by atomic mass is 9.98. The average Bonchev–Trinajstić information content (AvgIpc) is 2.28. The molecule has 0 aromatic carbocycles. The molecular weight excluding hydrogens is 244 g/mol. The molecule has 0 saturated carbocycles. The van der Waals surface area contributed by atoms with Crippen molar-refractivity contribution in [3.63, 3.8) is 0 Å². The van der Waals surface area contributed by atoms with Gasteiger partial charge in [0.1, 0.15) is 0 Å². The minimum absolute atomic E-state index is 0. The fraction of sp³-hybridized carbons (Fsp3) is 0.818. The maximum absolute atomic E-state index is 11.7. The number of ether oxygens (including phenoxy) is 1. The molecule has 100 valence electrons. The van der Waals surface area contributed by atoms with Crippen molar-refractivity contribution in [1.29, 1.82) is 0 Å². The summed E-state index contributed by atoms with van der Waals surface area (Å²) in [6.45, 7) is 4.97. The lowest BCUT2D eigenvalue weighted by Gasteiger charge is -2.32. The standard InChI is InChI=1S/C11H20N2O3.ClH/c1-3-16-11(15)9-5-4-6-13(7-9)10(14)8(2)12;/h8-9H,3-7,12H2,1-2H3;1H/t8-,9?;/m0./s1. The first-order valence-electron chi connectivity index (χ1n) is 5.77. The highest BCUT2D eigenvalue weighted by atomic mass is 35.5. The molecule has 0 radical (unpaired) electrons. The minimum Gasteiger partial charge on any atom is -0.466 e. The first kappa shape index (κ1) is 16.2. The Hall–Kier alpha value is -0.810. The monoisotopic (exact) mass is 264 g/mol. The van der Waals surface area contributed by atoms with Crippen molar-refractivity contribution >= 4 is 24.3 Å². The van der Waals surface area contributed by atoms with Crippen LogP contribution in [0.25, 0.3) is 0 Å². The van der Waals surface area contributed by atoms with Gasteiger partial charge >= 0.3 is 5.97 Å². The molecule has 1 aliphatic rings. The Bertz CT molecular complexity index is 271. The Morgan fingerprint density at radius 2 is 2.18 bits per heavy atom. The molecule has 5 nitrogen and oxygen atoms in total. The number of nitrogens with zero attached hydrogens (tertiary/aromatic N) is 1. The van der Waals surface area contributed by atoms with Crippen LogP contribution in [-0.2, 0) is 14.3 Å². The van der Waals surface area contributed by atoms with E-state index in [2.05, 4.69) is 0 Å². The van der Waals surface area contributed by atoms with E-state index < -0.39 is 6.04 Å². The highest BCUT2D eigenvalue weighted by Gasteiger charge is 2.30. The summed E-state index contributed by atoms with van der Waals surface area (Å²) < 4.78 is 4.96. The molecule has 0 aliphatic carbocycles. The van der Waals surface area contributed by atoms with E-state index in [0.29, 0.717) is 19.7 Å². The molecule has 1 fully saturated rings. The quantitative estimate of drug-likeness (QED) is 0.756. The zero-order chi connectivity index (χ0) is 12.1. The van der Waals surface area contributed by atoms with Crippen molar-refractivity contribution in [3.8, 4) is 0 Å². The predicted octanol–water partition coefficient (Wildman–Crippen LogP) is 0.557. The van der Waals surface area contributed by atoms with Gasteiger partial charge in [0.15, 0.2) is 0 Å². The number of piperidine rings is 1. The molecule has 1 aliphatic heterocycles. The SMILES string of the molecule is CCOC(=O)C1CCCN(C(=O)[C@H](C)N)C1.Cl. The van der Waals surface area contributed by atoms with E-state index in [9.17, 15) is 9.59 Å². The zero-order valence-corrected chi connectivity index (χ0v) is 11.2. The van der Waals surface area contributed by atoms with Crippen molar-refractivity contribution in [3.05, 3.63) is 0 Å². The number of amides is 1. The van der Waals surface area contributed by atoms with E-state index in [-0.39, 0.29) is 30.2 Å². The van der Waals surface area contributed by atoms with Crippen molar-refractivity contribution in [2.75, 3.05) is 19.7 Å². The van der Waals surface area contributed by atoms with E-state index in [1.807, 2.05) is 0 Å². The molecular formula is C11H21ClN2O3. The molecule has 0 aromatic heterocycles. The maximum Gasteiger partial charge on any atom is 0.310 e. The second-order valence-corrected chi connectivity index (χ2v) is 4.16. The van der Waals surface area contributed by atoms with E-state index in [0.717, 1.165) is 12.8 Å². The number of rotatable bonds is 3. The van der Waals surface area contributed by atoms with Crippen molar-refractivity contribution in [1.82, 2.24) is 4.90 Å². The van der Waals surface area contributed by atoms with Crippen LogP contribution in [0.1, 0.15) is 26.7 Å². The number of likely N-dealkylation sites (tertiary alicyclic amines) is 1. The van der Waals surface area contributed by atoms with Crippen LogP contribution in [0.15, 0.2) is 0 Å². The van der Waals surface area contributed by atoms with Gasteiger partial charge in [0.05, 0.1) is 18.6 Å². The topological polar surface area (TPSA) is 72.6 Å². The minimum atomic E-state index is -0.499. The molecule has 0 bridgehead atoms. The second-order valence-electron chi connectivity index (χ2n) is 4.16. The number of carbonyl (C=O) groups is 2. The van der Waals surface area contributed by atoms with Gasteiger partial charge in [0, 0.05) is 13.1 Å². The molecule has 6 heteroatoms. The van der Waals surface area contributed by atoms with Gasteiger partial charge in [-0.05, 0) is 26.7 Å². The van der Waals surface area contributed by atoms with Crippen LogP contribution < -0.4 is 5.73 Å². The first-order valence-corrected chi connectivity index (χ1v) is 5.77. The summed E-state index contributed by atoms with van der Waals surface area (Å²) in [5, 5.41) is 0. The number of halogens is 1. The third kappa shape index (κ3) is 4.52. The number of carbonyl (C=O) groups excluding carboxylic acids is 2. The van der Waals surface area contributed by atoms with Crippen LogP contribution in [0.3, 0.4) is 0 Å². The average molecular weight is 265 g/mol. The Kier molecular flexibility index (Phi) is 7.15. The Balaban J connectivity index is 0.00000256. The molecule has 1 saturated heterocycles. The summed E-state index contributed by atoms with van der Waals surface area (Å²) in [6.07, 6.45) is 1.63. The summed E-state index contributed by atoms with van der Waals surface area (Å²) in [6, 6.07) is -0.499. The molecule has 0 aromatic rings. The summed E-state index contributed by atoms with van der Waals surface area (Å²) in [5.41, 5.74) is 5.54. The van der Waals surface area contributed by atoms with E-state index >= 15 is 0 Å². The molecule has 2 atom stereocenters. The van der Waals surface area contributed by atoms with Crippen LogP contribution in [-0.4, -0.2) is 42.5 Å². The van der Waals surface area contributed by atoms with E-state index in [1.165, 1.54) is 0 Å². The normalized spacial score (nSPS) is 21.4. The first-order chi connectivity index (χ1) is 7.56. The molecule has 0 spiro atoms. The Labute approximate surface area is 108 Å². The lowest BCUT2D eigenvalue weighted by molar-refractivity contribution is -0.151. The molecule has 2 N–H and O–H groups in total. The number of nitrogens with two attached hydrogens (primary N) is 1. The van der Waals surface area contributed by atoms with Gasteiger partial charge in [-0.2, -0.15) is 0 Å². The molecule has 17 heavy (non-hydrogen) atoms. The van der Waals surface area contributed by atoms with E-state index in [1.54, 1.807) is 18.7 Å². The van der Waals surface area contributed by atoms with Crippen molar-refractivity contribution in [2.24, 2.45) is 11.7 Å². The van der Waals surface area contributed by atoms with E-state index in [4.69, 9.17) is 10.5 Å². The van der Waals surface area contributed by atoms with Gasteiger partial charge in [-0.25, -0.2) is 0 Å². The molecule has 1 heterocycles. The molecule has 1 unspecified atom stereocenters. The summed E-state index contributed by atoms with van der Waals surface area (Å²) >= 11 is 0. The number of hydrogen-bond donors (Lipinski definition) is 1. The molecule has 1 amide bonds. The van der Waals surface area contributed by atoms with Gasteiger partial charge < -0.3 is 15.4 Å². The fourth-order valence-corrected chi connectivity index (χ4v) is 1.92. The van der Waals surface area contributed by atoms with Crippen LogP contribution in [0.4, 0.5) is 0 Å². The van der Waals surface area contributed by atoms with Crippen LogP contribution in [0, 0.1) is 5.92 Å². The number of esters is 1.